The Bertz CT molecular complexity index is 2330. The van der Waals surface area contributed by atoms with E-state index in [1.165, 1.54) is 45.7 Å². The number of rotatable bonds is 10. The SMILES string of the molecule is C.Cc1cc(C=CC#N)cc(C)c1Cc1ccnc(Cc2ccc(C#N)cc2)n1.[C-]#[N+]/C=C/c1cc(C)c(Cc2ccnc(Cc3ccc(C#N)cc3)n2)c(C)c1. The molecule has 0 N–H and O–H groups in total. The van der Waals surface area contributed by atoms with Crippen molar-refractivity contribution in [2.75, 3.05) is 0 Å². The molecule has 0 atom stereocenters. The van der Waals surface area contributed by atoms with Crippen LogP contribution in [0.3, 0.4) is 0 Å². The van der Waals surface area contributed by atoms with Crippen molar-refractivity contribution in [2.24, 2.45) is 0 Å². The first-order valence-electron chi connectivity index (χ1n) is 18.1. The normalized spacial score (nSPS) is 10.4. The van der Waals surface area contributed by atoms with Crippen molar-refractivity contribution in [3.8, 4) is 18.2 Å². The van der Waals surface area contributed by atoms with Gasteiger partial charge in [0.15, 0.2) is 6.20 Å². The molecule has 8 nitrogen and oxygen atoms in total. The number of aromatic nitrogens is 4. The van der Waals surface area contributed by atoms with Crippen LogP contribution in [0.5, 0.6) is 0 Å². The molecule has 6 rings (SSSR count). The topological polar surface area (TPSA) is 127 Å². The summed E-state index contributed by atoms with van der Waals surface area (Å²) in [4.78, 5) is 21.5. The standard InChI is InChI=1S/2C24H20N4.CH4/c1-17-12-21(8-10-26-3)13-18(2)23(17)15-22-9-11-27-24(28-22)14-19-4-6-20(16-25)7-5-19;1-17-12-21(4-3-10-25)13-18(2)23(17)15-22-9-11-27-24(28-22)14-19-5-7-20(16-26)8-6-19;/h4-13H,14-15H2,1-2H3;3-9,11-13H,14-15H2,1-2H3;1H4/b10-8+;;. The summed E-state index contributed by atoms with van der Waals surface area (Å²) >= 11 is 0. The number of hydrogen-bond acceptors (Lipinski definition) is 7. The number of hydrogen-bond donors (Lipinski definition) is 0. The van der Waals surface area contributed by atoms with Gasteiger partial charge in [0.05, 0.1) is 35.9 Å². The van der Waals surface area contributed by atoms with Gasteiger partial charge < -0.3 is 0 Å². The number of allylic oxidation sites excluding steroid dienone is 1. The van der Waals surface area contributed by atoms with Gasteiger partial charge in [-0.2, -0.15) is 15.8 Å². The molecule has 0 spiro atoms. The minimum Gasteiger partial charge on any atom is -0.246 e. The second-order valence-electron chi connectivity index (χ2n) is 13.4. The fourth-order valence-corrected chi connectivity index (χ4v) is 6.43. The molecule has 0 aliphatic rings. The summed E-state index contributed by atoms with van der Waals surface area (Å²) in [6, 6.07) is 33.6. The van der Waals surface area contributed by atoms with Gasteiger partial charge in [-0.3, -0.25) is 0 Å². The fraction of sp³-hybridized carbons (Fsp3) is 0.184. The lowest BCUT2D eigenvalue weighted by atomic mass is 9.95. The molecule has 57 heavy (non-hydrogen) atoms. The number of aryl methyl sites for hydroxylation is 4. The fourth-order valence-electron chi connectivity index (χ4n) is 6.43. The highest BCUT2D eigenvalue weighted by atomic mass is 14.9. The van der Waals surface area contributed by atoms with Crippen LogP contribution < -0.4 is 0 Å². The molecule has 8 heteroatoms. The highest BCUT2D eigenvalue weighted by molar-refractivity contribution is 5.57. The summed E-state index contributed by atoms with van der Waals surface area (Å²) in [5.74, 6) is 1.54. The van der Waals surface area contributed by atoms with Gasteiger partial charge in [0, 0.05) is 55.5 Å². The molecule has 0 unspecified atom stereocenters. The van der Waals surface area contributed by atoms with Crippen molar-refractivity contribution in [3.05, 3.63) is 211 Å². The van der Waals surface area contributed by atoms with Crippen LogP contribution in [0.25, 0.3) is 17.0 Å². The maximum Gasteiger partial charge on any atom is 0.154 e. The molecule has 0 amide bonds. The molecular weight excluding hydrogens is 701 g/mol. The third kappa shape index (κ3) is 12.2. The molecule has 0 radical (unpaired) electrons. The molecule has 6 aromatic rings. The van der Waals surface area contributed by atoms with Crippen LogP contribution in [-0.4, -0.2) is 19.9 Å². The van der Waals surface area contributed by atoms with Gasteiger partial charge in [-0.1, -0.05) is 62.0 Å². The quantitative estimate of drug-likeness (QED) is 0.101. The maximum absolute atomic E-state index is 8.91. The van der Waals surface area contributed by atoms with E-state index in [0.29, 0.717) is 24.0 Å². The number of benzene rings is 4. The Balaban J connectivity index is 0.000000248. The van der Waals surface area contributed by atoms with Crippen molar-refractivity contribution in [2.45, 2.75) is 60.8 Å². The van der Waals surface area contributed by atoms with Crippen molar-refractivity contribution in [1.82, 2.24) is 19.9 Å². The van der Waals surface area contributed by atoms with E-state index in [-0.39, 0.29) is 7.43 Å². The lowest BCUT2D eigenvalue weighted by Gasteiger charge is -2.12. The monoisotopic (exact) mass is 744 g/mol. The predicted octanol–water partition coefficient (Wildman–Crippen LogP) is 10.4. The molecule has 0 saturated carbocycles. The second-order valence-corrected chi connectivity index (χ2v) is 13.4. The van der Waals surface area contributed by atoms with Crippen LogP contribution in [0.15, 0.2) is 110 Å². The first-order chi connectivity index (χ1) is 27.2. The molecule has 280 valence electrons. The van der Waals surface area contributed by atoms with Crippen molar-refractivity contribution >= 4 is 12.2 Å². The van der Waals surface area contributed by atoms with Gasteiger partial charge in [-0.05, 0) is 126 Å². The lowest BCUT2D eigenvalue weighted by molar-refractivity contribution is 0.911. The average Bonchev–Trinajstić information content (AvgIpc) is 3.20. The molecule has 0 fully saturated rings. The molecule has 2 heterocycles. The van der Waals surface area contributed by atoms with Crippen molar-refractivity contribution in [3.63, 3.8) is 0 Å². The molecule has 2 aromatic heterocycles. The summed E-state index contributed by atoms with van der Waals surface area (Å²) in [7, 11) is 0. The Kier molecular flexibility index (Phi) is 15.4. The largest absolute Gasteiger partial charge is 0.246 e. The average molecular weight is 745 g/mol. The van der Waals surface area contributed by atoms with Crippen LogP contribution in [0.2, 0.25) is 0 Å². The Morgan fingerprint density at radius 1 is 0.579 bits per heavy atom. The van der Waals surface area contributed by atoms with Crippen molar-refractivity contribution in [1.29, 1.82) is 15.8 Å². The van der Waals surface area contributed by atoms with E-state index in [2.05, 4.69) is 78.9 Å². The van der Waals surface area contributed by atoms with Gasteiger partial charge >= 0.3 is 0 Å². The number of nitrogens with zero attached hydrogens (tertiary/aromatic N) is 8. The van der Waals surface area contributed by atoms with Crippen LogP contribution in [0.4, 0.5) is 0 Å². The van der Waals surface area contributed by atoms with Crippen LogP contribution in [0, 0.1) is 68.3 Å². The summed E-state index contributed by atoms with van der Waals surface area (Å²) in [5.41, 5.74) is 14.7. The smallest absolute Gasteiger partial charge is 0.154 e. The maximum atomic E-state index is 8.91. The highest BCUT2D eigenvalue weighted by Crippen LogP contribution is 2.22. The molecule has 0 aliphatic heterocycles. The minimum absolute atomic E-state index is 0. The van der Waals surface area contributed by atoms with Gasteiger partial charge in [0.25, 0.3) is 0 Å². The van der Waals surface area contributed by atoms with E-state index in [4.69, 9.17) is 32.3 Å². The lowest BCUT2D eigenvalue weighted by Crippen LogP contribution is -2.03. The Morgan fingerprint density at radius 3 is 1.35 bits per heavy atom. The summed E-state index contributed by atoms with van der Waals surface area (Å²) in [5, 5.41) is 26.5. The third-order valence-electron chi connectivity index (χ3n) is 9.26. The van der Waals surface area contributed by atoms with Crippen LogP contribution in [0.1, 0.15) is 97.2 Å². The summed E-state index contributed by atoms with van der Waals surface area (Å²) < 4.78 is 0. The molecule has 0 aliphatic carbocycles. The first kappa shape index (κ1) is 42.2. The van der Waals surface area contributed by atoms with Gasteiger partial charge in [0.2, 0.25) is 0 Å². The molecular formula is C49H44N8. The van der Waals surface area contributed by atoms with Gasteiger partial charge in [0.1, 0.15) is 11.6 Å². The molecule has 4 aromatic carbocycles. The van der Waals surface area contributed by atoms with E-state index in [1.807, 2.05) is 78.9 Å². The first-order valence-corrected chi connectivity index (χ1v) is 18.1. The van der Waals surface area contributed by atoms with Crippen LogP contribution in [-0.2, 0) is 25.7 Å². The van der Waals surface area contributed by atoms with E-state index >= 15 is 0 Å². The second kappa shape index (κ2) is 20.8. The summed E-state index contributed by atoms with van der Waals surface area (Å²) in [6.07, 6.45) is 13.0. The zero-order valence-electron chi connectivity index (χ0n) is 32.0. The van der Waals surface area contributed by atoms with E-state index in [1.54, 1.807) is 12.4 Å². The van der Waals surface area contributed by atoms with E-state index in [9.17, 15) is 0 Å². The molecule has 0 bridgehead atoms. The highest BCUT2D eigenvalue weighted by Gasteiger charge is 2.10. The molecule has 0 saturated heterocycles. The van der Waals surface area contributed by atoms with Gasteiger partial charge in [-0.15, -0.1) is 0 Å². The Hall–Kier alpha value is -7.52. The van der Waals surface area contributed by atoms with E-state index < -0.39 is 0 Å². The van der Waals surface area contributed by atoms with E-state index in [0.717, 1.165) is 58.1 Å². The zero-order valence-corrected chi connectivity index (χ0v) is 32.0. The third-order valence-corrected chi connectivity index (χ3v) is 9.26. The zero-order chi connectivity index (χ0) is 39.9. The Labute approximate surface area is 336 Å². The minimum atomic E-state index is 0. The predicted molar refractivity (Wildman–Crippen MR) is 226 cm³/mol. The summed E-state index contributed by atoms with van der Waals surface area (Å²) in [6.45, 7) is 15.2. The Morgan fingerprint density at radius 2 is 0.982 bits per heavy atom. The van der Waals surface area contributed by atoms with Crippen LogP contribution >= 0.6 is 0 Å². The number of nitriles is 3. The van der Waals surface area contributed by atoms with Gasteiger partial charge in [-0.25, -0.2) is 24.8 Å². The van der Waals surface area contributed by atoms with Crippen molar-refractivity contribution < 1.29 is 0 Å².